The van der Waals surface area contributed by atoms with Crippen molar-refractivity contribution in [1.29, 1.82) is 0 Å². The summed E-state index contributed by atoms with van der Waals surface area (Å²) in [5, 5.41) is 10.7. The summed E-state index contributed by atoms with van der Waals surface area (Å²) in [6, 6.07) is 4.30. The smallest absolute Gasteiger partial charge is 0.0431 e. The van der Waals surface area contributed by atoms with E-state index in [4.69, 9.17) is 5.11 Å². The van der Waals surface area contributed by atoms with Crippen molar-refractivity contribution in [1.82, 2.24) is 0 Å². The molecular weight excluding hydrogens is 168 g/mol. The van der Waals surface area contributed by atoms with Crippen molar-refractivity contribution >= 4 is 11.3 Å². The monoisotopic (exact) mass is 184 g/mol. The predicted octanol–water partition coefficient (Wildman–Crippen LogP) is 2.84. The Morgan fingerprint density at radius 1 is 1.17 bits per heavy atom. The maximum Gasteiger partial charge on any atom is 0.0431 e. The van der Waals surface area contributed by atoms with E-state index in [1.165, 1.54) is 30.6 Å². The number of thiophene rings is 1. The molecule has 0 fully saturated rings. The zero-order valence-corrected chi connectivity index (χ0v) is 8.15. The summed E-state index contributed by atoms with van der Waals surface area (Å²) in [6.07, 6.45) is 5.86. The molecule has 0 amide bonds. The minimum atomic E-state index is 0.346. The molecule has 1 rings (SSSR count). The van der Waals surface area contributed by atoms with Gasteiger partial charge in [0.15, 0.2) is 0 Å². The van der Waals surface area contributed by atoms with E-state index in [9.17, 15) is 0 Å². The van der Waals surface area contributed by atoms with Crippen LogP contribution in [-0.4, -0.2) is 11.7 Å². The molecule has 0 aliphatic heterocycles. The molecule has 1 aromatic heterocycles. The Balaban J connectivity index is 1.96. The average molecular weight is 184 g/mol. The second-order valence-electron chi connectivity index (χ2n) is 2.97. The number of hydrogen-bond acceptors (Lipinski definition) is 2. The van der Waals surface area contributed by atoms with Gasteiger partial charge in [0.2, 0.25) is 0 Å². The molecule has 1 N–H and O–H groups in total. The summed E-state index contributed by atoms with van der Waals surface area (Å²) < 4.78 is 0. The Bertz CT molecular complexity index is 182. The summed E-state index contributed by atoms with van der Waals surface area (Å²) in [6.45, 7) is 0.346. The molecule has 12 heavy (non-hydrogen) atoms. The van der Waals surface area contributed by atoms with Gasteiger partial charge in [0, 0.05) is 11.5 Å². The van der Waals surface area contributed by atoms with Gasteiger partial charge in [-0.15, -0.1) is 11.3 Å². The summed E-state index contributed by atoms with van der Waals surface area (Å²) in [7, 11) is 0. The third-order valence-electron chi connectivity index (χ3n) is 1.91. The van der Waals surface area contributed by atoms with E-state index in [0.717, 1.165) is 6.42 Å². The van der Waals surface area contributed by atoms with Gasteiger partial charge in [-0.1, -0.05) is 18.9 Å². The number of aliphatic hydroxyl groups is 1. The van der Waals surface area contributed by atoms with E-state index in [1.807, 2.05) is 11.3 Å². The van der Waals surface area contributed by atoms with Gasteiger partial charge in [0.05, 0.1) is 0 Å². The van der Waals surface area contributed by atoms with Crippen molar-refractivity contribution in [3.05, 3.63) is 22.4 Å². The molecule has 0 radical (unpaired) electrons. The molecule has 0 saturated heterocycles. The molecule has 1 nitrogen and oxygen atoms in total. The normalized spacial score (nSPS) is 10.4. The first-order valence-corrected chi connectivity index (χ1v) is 5.44. The maximum atomic E-state index is 8.55. The van der Waals surface area contributed by atoms with E-state index >= 15 is 0 Å². The van der Waals surface area contributed by atoms with Crippen molar-refractivity contribution < 1.29 is 5.11 Å². The lowest BCUT2D eigenvalue weighted by atomic mass is 10.1. The van der Waals surface area contributed by atoms with Crippen LogP contribution in [0.1, 0.15) is 30.6 Å². The van der Waals surface area contributed by atoms with Crippen LogP contribution in [0.3, 0.4) is 0 Å². The van der Waals surface area contributed by atoms with Gasteiger partial charge >= 0.3 is 0 Å². The first-order valence-electron chi connectivity index (χ1n) is 4.56. The third kappa shape index (κ3) is 3.88. The van der Waals surface area contributed by atoms with E-state index in [-0.39, 0.29) is 0 Å². The van der Waals surface area contributed by atoms with Crippen LogP contribution < -0.4 is 0 Å². The zero-order chi connectivity index (χ0) is 8.65. The van der Waals surface area contributed by atoms with Crippen LogP contribution in [0.4, 0.5) is 0 Å². The van der Waals surface area contributed by atoms with Crippen LogP contribution in [0.2, 0.25) is 0 Å². The Hall–Kier alpha value is -0.340. The van der Waals surface area contributed by atoms with Crippen LogP contribution >= 0.6 is 11.3 Å². The van der Waals surface area contributed by atoms with E-state index in [1.54, 1.807) is 0 Å². The summed E-state index contributed by atoms with van der Waals surface area (Å²) in [5.74, 6) is 0. The van der Waals surface area contributed by atoms with Crippen molar-refractivity contribution in [2.75, 3.05) is 6.61 Å². The number of rotatable bonds is 6. The van der Waals surface area contributed by atoms with Crippen molar-refractivity contribution in [3.63, 3.8) is 0 Å². The highest BCUT2D eigenvalue weighted by molar-refractivity contribution is 7.09. The van der Waals surface area contributed by atoms with Gasteiger partial charge in [-0.05, 0) is 30.7 Å². The molecule has 2 heteroatoms. The van der Waals surface area contributed by atoms with Crippen molar-refractivity contribution in [3.8, 4) is 0 Å². The quantitative estimate of drug-likeness (QED) is 0.674. The van der Waals surface area contributed by atoms with E-state index in [0.29, 0.717) is 6.61 Å². The van der Waals surface area contributed by atoms with Crippen LogP contribution in [0.15, 0.2) is 17.5 Å². The minimum absolute atomic E-state index is 0.346. The van der Waals surface area contributed by atoms with Gasteiger partial charge in [0.1, 0.15) is 0 Å². The fourth-order valence-corrected chi connectivity index (χ4v) is 1.97. The molecule has 0 aliphatic rings. The molecular formula is C10H16OS. The molecule has 0 aromatic carbocycles. The maximum absolute atomic E-state index is 8.55. The first kappa shape index (κ1) is 9.75. The predicted molar refractivity (Wildman–Crippen MR) is 53.6 cm³/mol. The molecule has 1 heterocycles. The minimum Gasteiger partial charge on any atom is -0.396 e. The zero-order valence-electron chi connectivity index (χ0n) is 7.33. The number of aliphatic hydroxyl groups excluding tert-OH is 1. The summed E-state index contributed by atoms with van der Waals surface area (Å²) in [5.41, 5.74) is 0. The molecule has 0 bridgehead atoms. The van der Waals surface area contributed by atoms with Gasteiger partial charge in [-0.25, -0.2) is 0 Å². The Morgan fingerprint density at radius 3 is 2.67 bits per heavy atom. The number of aryl methyl sites for hydroxylation is 1. The van der Waals surface area contributed by atoms with Gasteiger partial charge < -0.3 is 5.11 Å². The van der Waals surface area contributed by atoms with E-state index < -0.39 is 0 Å². The van der Waals surface area contributed by atoms with Crippen molar-refractivity contribution in [2.45, 2.75) is 32.1 Å². The molecule has 0 atom stereocenters. The highest BCUT2D eigenvalue weighted by atomic mass is 32.1. The fourth-order valence-electron chi connectivity index (χ4n) is 1.22. The largest absolute Gasteiger partial charge is 0.396 e. The Morgan fingerprint density at radius 2 is 2.00 bits per heavy atom. The van der Waals surface area contributed by atoms with Crippen LogP contribution in [0.25, 0.3) is 0 Å². The molecule has 0 aliphatic carbocycles. The van der Waals surface area contributed by atoms with E-state index in [2.05, 4.69) is 17.5 Å². The SMILES string of the molecule is OCCCCCCc1cccs1. The number of unbranched alkanes of at least 4 members (excludes halogenated alkanes) is 3. The first-order chi connectivity index (χ1) is 5.93. The topological polar surface area (TPSA) is 20.2 Å². The highest BCUT2D eigenvalue weighted by Gasteiger charge is 1.93. The molecule has 68 valence electrons. The van der Waals surface area contributed by atoms with Crippen LogP contribution in [-0.2, 0) is 6.42 Å². The van der Waals surface area contributed by atoms with Gasteiger partial charge in [0.25, 0.3) is 0 Å². The second-order valence-corrected chi connectivity index (χ2v) is 4.00. The number of hydrogen-bond donors (Lipinski definition) is 1. The molecule has 0 saturated carbocycles. The van der Waals surface area contributed by atoms with Crippen molar-refractivity contribution in [2.24, 2.45) is 0 Å². The Kier molecular flexibility index (Phi) is 5.04. The highest BCUT2D eigenvalue weighted by Crippen LogP contribution is 2.12. The summed E-state index contributed by atoms with van der Waals surface area (Å²) >= 11 is 1.84. The van der Waals surface area contributed by atoms with Gasteiger partial charge in [-0.3, -0.25) is 0 Å². The molecule has 1 aromatic rings. The summed E-state index contributed by atoms with van der Waals surface area (Å²) in [4.78, 5) is 1.49. The standard InChI is InChI=1S/C10H16OS/c11-8-4-2-1-3-6-10-7-5-9-12-10/h5,7,9,11H,1-4,6,8H2. The molecule has 0 unspecified atom stereocenters. The Labute approximate surface area is 78.1 Å². The van der Waals surface area contributed by atoms with Gasteiger partial charge in [-0.2, -0.15) is 0 Å². The third-order valence-corrected chi connectivity index (χ3v) is 2.85. The lowest BCUT2D eigenvalue weighted by Crippen LogP contribution is -1.85. The fraction of sp³-hybridized carbons (Fsp3) is 0.600. The van der Waals surface area contributed by atoms with Crippen LogP contribution in [0.5, 0.6) is 0 Å². The lowest BCUT2D eigenvalue weighted by Gasteiger charge is -1.97. The second kappa shape index (κ2) is 6.21. The molecule has 0 spiro atoms. The lowest BCUT2D eigenvalue weighted by molar-refractivity contribution is 0.282. The average Bonchev–Trinajstić information content (AvgIpc) is 2.57. The van der Waals surface area contributed by atoms with Crippen LogP contribution in [0, 0.1) is 0 Å².